The molecule has 0 fully saturated rings. The van der Waals surface area contributed by atoms with Gasteiger partial charge in [-0.1, -0.05) is 12.1 Å². The fourth-order valence-electron chi connectivity index (χ4n) is 3.92. The molecule has 0 heterocycles. The van der Waals surface area contributed by atoms with Crippen LogP contribution in [-0.4, -0.2) is 10.2 Å². The summed E-state index contributed by atoms with van der Waals surface area (Å²) in [6.07, 6.45) is 5.99. The molecule has 0 radical (unpaired) electrons. The monoisotopic (exact) mass is 373 g/mol. The average molecular weight is 373 g/mol. The molecule has 1 atom stereocenters. The number of carbonyl (C=O) groups is 1. The Morgan fingerprint density at radius 3 is 2.35 bits per heavy atom. The van der Waals surface area contributed by atoms with Gasteiger partial charge >= 0.3 is 6.03 Å². The molecule has 7 heteroatoms. The molecule has 2 amide bonds. The van der Waals surface area contributed by atoms with Crippen molar-refractivity contribution in [1.82, 2.24) is 0 Å². The molecule has 2 aliphatic carbocycles. The van der Waals surface area contributed by atoms with Gasteiger partial charge in [-0.15, -0.1) is 4.36 Å². The third-order valence-electron chi connectivity index (χ3n) is 5.06. The summed E-state index contributed by atoms with van der Waals surface area (Å²) < 4.78 is 29.6. The zero-order chi connectivity index (χ0) is 18.3. The molecule has 26 heavy (non-hydrogen) atoms. The number of benzene rings is 2. The van der Waals surface area contributed by atoms with Crippen LogP contribution in [0.25, 0.3) is 0 Å². The molecule has 136 valence electrons. The van der Waals surface area contributed by atoms with E-state index in [9.17, 15) is 13.4 Å². The summed E-state index contributed by atoms with van der Waals surface area (Å²) in [7, 11) is -3.51. The lowest BCUT2D eigenvalue weighted by Crippen LogP contribution is -2.19. The summed E-state index contributed by atoms with van der Waals surface area (Å²) in [4.78, 5) is 12.5. The van der Waals surface area contributed by atoms with Gasteiger partial charge in [0.05, 0.1) is 4.90 Å². The van der Waals surface area contributed by atoms with Crippen LogP contribution in [0.1, 0.15) is 35.1 Å². The number of nitrogens with zero attached hydrogens (tertiary/aromatic N) is 1. The highest BCUT2D eigenvalue weighted by molar-refractivity contribution is 7.91. The lowest BCUT2D eigenvalue weighted by atomic mass is 9.99. The number of hydrogen-bond acceptors (Lipinski definition) is 2. The lowest BCUT2D eigenvalue weighted by molar-refractivity contribution is 0.260. The Labute approximate surface area is 152 Å². The summed E-state index contributed by atoms with van der Waals surface area (Å²) in [5.74, 6) is -0.574. The maximum absolute atomic E-state index is 13.4. The van der Waals surface area contributed by atoms with Crippen LogP contribution in [0, 0.1) is 5.82 Å². The molecular weight excluding hydrogens is 353 g/mol. The molecule has 5 nitrogen and oxygen atoms in total. The van der Waals surface area contributed by atoms with Gasteiger partial charge in [0, 0.05) is 5.69 Å². The molecule has 3 N–H and O–H groups in total. The molecule has 0 bridgehead atoms. The number of anilines is 1. The summed E-state index contributed by atoms with van der Waals surface area (Å²) in [6, 6.07) is 6.56. The predicted octanol–water partition coefficient (Wildman–Crippen LogP) is 3.74. The smallest absolute Gasteiger partial charge is 0.305 e. The number of carbonyl (C=O) groups excluding carboxylic acids is 1. The van der Waals surface area contributed by atoms with E-state index in [0.717, 1.165) is 61.4 Å². The minimum absolute atomic E-state index is 0.00355. The molecule has 0 saturated heterocycles. The van der Waals surface area contributed by atoms with Crippen molar-refractivity contribution < 1.29 is 13.4 Å². The first-order chi connectivity index (χ1) is 12.4. The standard InChI is InChI=1S/C19H20FN3O2S/c20-14-6-3-7-15(11-14)26(21,25)23-19(24)22-18-16-8-1-4-12(16)10-13-5-2-9-17(13)18/h3,6-7,10-11H,1-2,4-5,8-9H2,(H3,21,22,23,24,25). The molecule has 0 aromatic heterocycles. The molecule has 4 rings (SSSR count). The number of rotatable bonds is 2. The van der Waals surface area contributed by atoms with Crippen molar-refractivity contribution in [3.8, 4) is 0 Å². The number of fused-ring (bicyclic) bond motifs is 2. The predicted molar refractivity (Wildman–Crippen MR) is 98.9 cm³/mol. The third-order valence-corrected chi connectivity index (χ3v) is 6.42. The molecule has 0 saturated carbocycles. The maximum Gasteiger partial charge on any atom is 0.354 e. The summed E-state index contributed by atoms with van der Waals surface area (Å²) in [5, 5.41) is 8.55. The largest absolute Gasteiger partial charge is 0.354 e. The maximum atomic E-state index is 13.4. The minimum Gasteiger partial charge on any atom is -0.305 e. The van der Waals surface area contributed by atoms with Gasteiger partial charge in [-0.2, -0.15) is 0 Å². The summed E-state index contributed by atoms with van der Waals surface area (Å²) in [5.41, 5.74) is 5.68. The van der Waals surface area contributed by atoms with Crippen LogP contribution in [0.2, 0.25) is 0 Å². The average Bonchev–Trinajstić information content (AvgIpc) is 3.23. The number of hydrogen-bond donors (Lipinski definition) is 2. The van der Waals surface area contributed by atoms with E-state index >= 15 is 0 Å². The van der Waals surface area contributed by atoms with Gasteiger partial charge in [0.15, 0.2) is 0 Å². The van der Waals surface area contributed by atoms with Gasteiger partial charge in [-0.3, -0.25) is 0 Å². The quantitative estimate of drug-likeness (QED) is 0.840. The van der Waals surface area contributed by atoms with Crippen molar-refractivity contribution in [2.24, 2.45) is 9.50 Å². The van der Waals surface area contributed by atoms with E-state index < -0.39 is 21.8 Å². The SMILES string of the molecule is NS(=O)(=NC(=O)Nc1c2c(cc3c1CCC3)CCC2)c1cccc(F)c1. The Morgan fingerprint density at radius 1 is 1.08 bits per heavy atom. The first-order valence-electron chi connectivity index (χ1n) is 8.72. The highest BCUT2D eigenvalue weighted by atomic mass is 32.2. The molecule has 0 spiro atoms. The number of halogens is 1. The Hall–Kier alpha value is -2.25. The first-order valence-corrected chi connectivity index (χ1v) is 10.3. The Bertz CT molecular complexity index is 993. The van der Waals surface area contributed by atoms with Crippen LogP contribution in [0.3, 0.4) is 0 Å². The van der Waals surface area contributed by atoms with E-state index in [1.54, 1.807) is 0 Å². The second kappa shape index (κ2) is 6.48. The molecule has 0 aliphatic heterocycles. The van der Waals surface area contributed by atoms with Crippen LogP contribution in [0.15, 0.2) is 39.6 Å². The topological polar surface area (TPSA) is 84.6 Å². The molecular formula is C19H20FN3O2S. The normalized spacial score (nSPS) is 17.3. The number of aryl methyl sites for hydroxylation is 2. The highest BCUT2D eigenvalue weighted by Gasteiger charge is 2.25. The van der Waals surface area contributed by atoms with E-state index in [1.165, 1.54) is 29.3 Å². The second-order valence-corrected chi connectivity index (χ2v) is 8.57. The molecule has 1 unspecified atom stereocenters. The lowest BCUT2D eigenvalue weighted by Gasteiger charge is -2.15. The van der Waals surface area contributed by atoms with Crippen molar-refractivity contribution in [3.63, 3.8) is 0 Å². The van der Waals surface area contributed by atoms with Crippen LogP contribution in [0.5, 0.6) is 0 Å². The van der Waals surface area contributed by atoms with Crippen LogP contribution in [-0.2, 0) is 35.6 Å². The third kappa shape index (κ3) is 3.12. The Morgan fingerprint density at radius 2 is 1.73 bits per heavy atom. The van der Waals surface area contributed by atoms with E-state index in [4.69, 9.17) is 5.14 Å². The van der Waals surface area contributed by atoms with Crippen LogP contribution >= 0.6 is 0 Å². The number of nitrogens with one attached hydrogen (secondary N) is 1. The fourth-order valence-corrected chi connectivity index (χ4v) is 4.87. The van der Waals surface area contributed by atoms with Gasteiger partial charge in [-0.05, 0) is 79.0 Å². The van der Waals surface area contributed by atoms with E-state index in [0.29, 0.717) is 0 Å². The summed E-state index contributed by atoms with van der Waals surface area (Å²) >= 11 is 0. The zero-order valence-electron chi connectivity index (χ0n) is 14.3. The van der Waals surface area contributed by atoms with E-state index in [1.807, 2.05) is 0 Å². The van der Waals surface area contributed by atoms with E-state index in [-0.39, 0.29) is 4.90 Å². The van der Waals surface area contributed by atoms with E-state index in [2.05, 4.69) is 15.7 Å². The molecule has 2 aromatic rings. The van der Waals surface area contributed by atoms with Crippen molar-refractivity contribution >= 4 is 21.6 Å². The van der Waals surface area contributed by atoms with Crippen molar-refractivity contribution in [1.29, 1.82) is 0 Å². The van der Waals surface area contributed by atoms with Gasteiger partial charge in [0.1, 0.15) is 15.7 Å². The van der Waals surface area contributed by atoms with Crippen LogP contribution < -0.4 is 10.5 Å². The minimum atomic E-state index is -3.51. The molecule has 2 aliphatic rings. The van der Waals surface area contributed by atoms with Crippen molar-refractivity contribution in [2.45, 2.75) is 43.4 Å². The fraction of sp³-hybridized carbons (Fsp3) is 0.316. The second-order valence-electron chi connectivity index (χ2n) is 6.78. The molecule has 2 aromatic carbocycles. The zero-order valence-corrected chi connectivity index (χ0v) is 15.1. The first kappa shape index (κ1) is 17.2. The van der Waals surface area contributed by atoms with Gasteiger partial charge < -0.3 is 5.32 Å². The van der Waals surface area contributed by atoms with Gasteiger partial charge in [0.2, 0.25) is 0 Å². The summed E-state index contributed by atoms with van der Waals surface area (Å²) in [6.45, 7) is 0. The number of urea groups is 1. The number of nitrogens with two attached hydrogens (primary N) is 1. The highest BCUT2D eigenvalue weighted by Crippen LogP contribution is 2.38. The van der Waals surface area contributed by atoms with Crippen molar-refractivity contribution in [2.75, 3.05) is 5.32 Å². The Balaban J connectivity index is 1.69. The van der Waals surface area contributed by atoms with Gasteiger partial charge in [0.25, 0.3) is 0 Å². The van der Waals surface area contributed by atoms with Gasteiger partial charge in [-0.25, -0.2) is 18.5 Å². The van der Waals surface area contributed by atoms with Crippen LogP contribution in [0.4, 0.5) is 14.9 Å². The number of amides is 2. The van der Waals surface area contributed by atoms with Crippen molar-refractivity contribution in [3.05, 3.63) is 58.4 Å². The Kier molecular flexibility index (Phi) is 4.28.